The zero-order chi connectivity index (χ0) is 13.1. The molecule has 1 unspecified atom stereocenters. The topological polar surface area (TPSA) is 17.1 Å². The SMILES string of the molecule is CCc1cc(C(F)(F)F)ccc1CC(C)C=O. The summed E-state index contributed by atoms with van der Waals surface area (Å²) in [5, 5.41) is 0. The normalized spacial score (nSPS) is 13.5. The summed E-state index contributed by atoms with van der Waals surface area (Å²) < 4.78 is 37.5. The maximum absolute atomic E-state index is 12.5. The Morgan fingerprint density at radius 1 is 1.29 bits per heavy atom. The van der Waals surface area contributed by atoms with Crippen LogP contribution in [0.25, 0.3) is 0 Å². The Balaban J connectivity index is 3.05. The molecular weight excluding hydrogens is 229 g/mol. The van der Waals surface area contributed by atoms with Gasteiger partial charge in [-0.05, 0) is 36.1 Å². The van der Waals surface area contributed by atoms with E-state index in [1.54, 1.807) is 6.92 Å². The predicted molar refractivity (Wildman–Crippen MR) is 59.8 cm³/mol. The van der Waals surface area contributed by atoms with E-state index in [2.05, 4.69) is 0 Å². The van der Waals surface area contributed by atoms with Crippen LogP contribution < -0.4 is 0 Å². The first-order valence-corrected chi connectivity index (χ1v) is 5.52. The second kappa shape index (κ2) is 5.34. The summed E-state index contributed by atoms with van der Waals surface area (Å²) in [6.07, 6.45) is -2.47. The van der Waals surface area contributed by atoms with Crippen molar-refractivity contribution in [2.75, 3.05) is 0 Å². The van der Waals surface area contributed by atoms with Crippen LogP contribution in [0.2, 0.25) is 0 Å². The number of alkyl halides is 3. The van der Waals surface area contributed by atoms with Gasteiger partial charge in [0.05, 0.1) is 5.56 Å². The summed E-state index contributed by atoms with van der Waals surface area (Å²) in [5.41, 5.74) is 0.852. The summed E-state index contributed by atoms with van der Waals surface area (Å²) in [7, 11) is 0. The number of carbonyl (C=O) groups excluding carboxylic acids is 1. The lowest BCUT2D eigenvalue weighted by Crippen LogP contribution is -2.08. The maximum Gasteiger partial charge on any atom is 0.416 e. The fraction of sp³-hybridized carbons (Fsp3) is 0.462. The average Bonchev–Trinajstić information content (AvgIpc) is 2.27. The molecule has 0 amide bonds. The van der Waals surface area contributed by atoms with Gasteiger partial charge in [-0.2, -0.15) is 13.2 Å². The lowest BCUT2D eigenvalue weighted by molar-refractivity contribution is -0.137. The predicted octanol–water partition coefficient (Wildman–Crippen LogP) is 3.65. The molecule has 1 atom stereocenters. The fourth-order valence-corrected chi connectivity index (χ4v) is 1.73. The zero-order valence-electron chi connectivity index (χ0n) is 9.84. The number of hydrogen-bond acceptors (Lipinski definition) is 1. The van der Waals surface area contributed by atoms with E-state index in [4.69, 9.17) is 0 Å². The van der Waals surface area contributed by atoms with Gasteiger partial charge in [-0.25, -0.2) is 0 Å². The molecule has 0 aliphatic heterocycles. The number of aldehydes is 1. The van der Waals surface area contributed by atoms with Crippen LogP contribution in [-0.4, -0.2) is 6.29 Å². The van der Waals surface area contributed by atoms with Crippen LogP contribution in [-0.2, 0) is 23.8 Å². The molecule has 1 aromatic rings. The summed E-state index contributed by atoms with van der Waals surface area (Å²) in [6, 6.07) is 3.72. The van der Waals surface area contributed by atoms with Crippen molar-refractivity contribution in [3.8, 4) is 0 Å². The Kier molecular flexibility index (Phi) is 4.32. The molecule has 0 N–H and O–H groups in total. The lowest BCUT2D eigenvalue weighted by atomic mass is 9.94. The molecule has 1 nitrogen and oxygen atoms in total. The van der Waals surface area contributed by atoms with E-state index in [1.807, 2.05) is 6.92 Å². The Hall–Kier alpha value is -1.32. The standard InChI is InChI=1S/C13H15F3O/c1-3-10-7-12(13(14,15)16)5-4-11(10)6-9(2)8-17/h4-5,7-9H,3,6H2,1-2H3. The van der Waals surface area contributed by atoms with Gasteiger partial charge < -0.3 is 4.79 Å². The van der Waals surface area contributed by atoms with Crippen LogP contribution in [0, 0.1) is 5.92 Å². The van der Waals surface area contributed by atoms with Crippen LogP contribution in [0.15, 0.2) is 18.2 Å². The van der Waals surface area contributed by atoms with Gasteiger partial charge >= 0.3 is 6.18 Å². The Morgan fingerprint density at radius 3 is 2.41 bits per heavy atom. The second-order valence-electron chi connectivity index (χ2n) is 4.15. The molecule has 1 aromatic carbocycles. The lowest BCUT2D eigenvalue weighted by Gasteiger charge is -2.13. The van der Waals surface area contributed by atoms with Crippen molar-refractivity contribution in [1.82, 2.24) is 0 Å². The molecule has 0 aliphatic rings. The number of benzene rings is 1. The van der Waals surface area contributed by atoms with E-state index in [0.29, 0.717) is 18.4 Å². The molecule has 0 aliphatic carbocycles. The molecule has 0 saturated carbocycles. The third kappa shape index (κ3) is 3.58. The molecule has 1 rings (SSSR count). The average molecular weight is 244 g/mol. The highest BCUT2D eigenvalue weighted by atomic mass is 19.4. The van der Waals surface area contributed by atoms with E-state index in [1.165, 1.54) is 12.1 Å². The van der Waals surface area contributed by atoms with Crippen molar-refractivity contribution in [2.45, 2.75) is 32.9 Å². The van der Waals surface area contributed by atoms with Crippen molar-refractivity contribution >= 4 is 6.29 Å². The molecule has 4 heteroatoms. The van der Waals surface area contributed by atoms with Gasteiger partial charge in [-0.15, -0.1) is 0 Å². The minimum Gasteiger partial charge on any atom is -0.303 e. The van der Waals surface area contributed by atoms with Crippen LogP contribution in [0.4, 0.5) is 13.2 Å². The van der Waals surface area contributed by atoms with Crippen molar-refractivity contribution in [3.63, 3.8) is 0 Å². The smallest absolute Gasteiger partial charge is 0.303 e. The Morgan fingerprint density at radius 2 is 1.94 bits per heavy atom. The highest BCUT2D eigenvalue weighted by Gasteiger charge is 2.30. The first-order chi connectivity index (χ1) is 7.88. The summed E-state index contributed by atoms with van der Waals surface area (Å²) in [5.74, 6) is -0.169. The largest absolute Gasteiger partial charge is 0.416 e. The highest BCUT2D eigenvalue weighted by Crippen LogP contribution is 2.31. The van der Waals surface area contributed by atoms with Crippen LogP contribution in [0.1, 0.15) is 30.5 Å². The van der Waals surface area contributed by atoms with Crippen LogP contribution >= 0.6 is 0 Å². The van der Waals surface area contributed by atoms with Gasteiger partial charge in [0.1, 0.15) is 6.29 Å². The third-order valence-electron chi connectivity index (χ3n) is 2.69. The van der Waals surface area contributed by atoms with Crippen molar-refractivity contribution in [1.29, 1.82) is 0 Å². The van der Waals surface area contributed by atoms with E-state index in [9.17, 15) is 18.0 Å². The zero-order valence-corrected chi connectivity index (χ0v) is 9.84. The number of aryl methyl sites for hydroxylation is 1. The minimum absolute atomic E-state index is 0.169. The number of hydrogen-bond donors (Lipinski definition) is 0. The van der Waals surface area contributed by atoms with Gasteiger partial charge in [0.2, 0.25) is 0 Å². The monoisotopic (exact) mass is 244 g/mol. The number of halogens is 3. The van der Waals surface area contributed by atoms with Gasteiger partial charge in [0.15, 0.2) is 0 Å². The Bertz CT molecular complexity index is 396. The molecule has 0 aromatic heterocycles. The molecule has 94 valence electrons. The van der Waals surface area contributed by atoms with Crippen molar-refractivity contribution in [3.05, 3.63) is 34.9 Å². The summed E-state index contributed by atoms with van der Waals surface area (Å²) in [6.45, 7) is 3.56. The fourth-order valence-electron chi connectivity index (χ4n) is 1.73. The molecule has 0 radical (unpaired) electrons. The maximum atomic E-state index is 12.5. The van der Waals surface area contributed by atoms with E-state index in [-0.39, 0.29) is 5.92 Å². The summed E-state index contributed by atoms with van der Waals surface area (Å²) >= 11 is 0. The number of rotatable bonds is 4. The van der Waals surface area contributed by atoms with Gasteiger partial charge in [0, 0.05) is 5.92 Å². The molecule has 0 saturated heterocycles. The van der Waals surface area contributed by atoms with Crippen molar-refractivity contribution < 1.29 is 18.0 Å². The molecule has 0 spiro atoms. The van der Waals surface area contributed by atoms with E-state index >= 15 is 0 Å². The van der Waals surface area contributed by atoms with E-state index in [0.717, 1.165) is 17.9 Å². The second-order valence-corrected chi connectivity index (χ2v) is 4.15. The van der Waals surface area contributed by atoms with Gasteiger partial charge in [-0.3, -0.25) is 0 Å². The first-order valence-electron chi connectivity index (χ1n) is 5.52. The molecular formula is C13H15F3O. The summed E-state index contributed by atoms with van der Waals surface area (Å²) in [4.78, 5) is 10.6. The molecule has 17 heavy (non-hydrogen) atoms. The minimum atomic E-state index is -4.31. The molecule has 0 bridgehead atoms. The van der Waals surface area contributed by atoms with E-state index < -0.39 is 11.7 Å². The molecule has 0 fully saturated rings. The number of carbonyl (C=O) groups is 1. The van der Waals surface area contributed by atoms with Crippen LogP contribution in [0.3, 0.4) is 0 Å². The molecule has 0 heterocycles. The quantitative estimate of drug-likeness (QED) is 0.739. The van der Waals surface area contributed by atoms with Crippen molar-refractivity contribution in [2.24, 2.45) is 5.92 Å². The van der Waals surface area contributed by atoms with Gasteiger partial charge in [-0.1, -0.05) is 19.9 Å². The van der Waals surface area contributed by atoms with Gasteiger partial charge in [0.25, 0.3) is 0 Å². The third-order valence-corrected chi connectivity index (χ3v) is 2.69. The van der Waals surface area contributed by atoms with Crippen LogP contribution in [0.5, 0.6) is 0 Å². The highest BCUT2D eigenvalue weighted by molar-refractivity contribution is 5.54. The first kappa shape index (κ1) is 13.7. The Labute approximate surface area is 98.6 Å².